The summed E-state index contributed by atoms with van der Waals surface area (Å²) in [5, 5.41) is 18.3. The molecule has 1 aromatic carbocycles. The molecule has 2 heterocycles. The van der Waals surface area contributed by atoms with Gasteiger partial charge in [0.2, 0.25) is 11.8 Å². The van der Waals surface area contributed by atoms with Crippen molar-refractivity contribution in [3.63, 3.8) is 0 Å². The predicted octanol–water partition coefficient (Wildman–Crippen LogP) is -0.00378. The van der Waals surface area contributed by atoms with Crippen LogP contribution in [0.15, 0.2) is 42.7 Å². The number of aryl methyl sites for hydroxylation is 1. The zero-order chi connectivity index (χ0) is 24.5. The zero-order valence-electron chi connectivity index (χ0n) is 19.4. The molecule has 10 heteroatoms. The Hall–Kier alpha value is -3.50. The summed E-state index contributed by atoms with van der Waals surface area (Å²) in [4.78, 5) is 43.9. The third-order valence-corrected chi connectivity index (χ3v) is 5.43. The first-order valence-electron chi connectivity index (χ1n) is 11.2. The maximum absolute atomic E-state index is 12.8. The van der Waals surface area contributed by atoms with E-state index in [1.165, 1.54) is 6.92 Å². The van der Waals surface area contributed by atoms with Crippen molar-refractivity contribution in [2.75, 3.05) is 32.8 Å². The van der Waals surface area contributed by atoms with Crippen LogP contribution in [0.1, 0.15) is 28.4 Å². The molecule has 2 bridgehead atoms. The van der Waals surface area contributed by atoms with E-state index in [1.807, 2.05) is 24.0 Å². The van der Waals surface area contributed by atoms with E-state index in [0.29, 0.717) is 30.9 Å². The van der Waals surface area contributed by atoms with Gasteiger partial charge in [-0.2, -0.15) is 0 Å². The molecule has 0 fully saturated rings. The van der Waals surface area contributed by atoms with Gasteiger partial charge in [0.1, 0.15) is 18.4 Å². The molecule has 182 valence electrons. The zero-order valence-corrected chi connectivity index (χ0v) is 19.4. The van der Waals surface area contributed by atoms with Crippen molar-refractivity contribution in [3.05, 3.63) is 59.4 Å². The van der Waals surface area contributed by atoms with Crippen molar-refractivity contribution in [2.24, 2.45) is 0 Å². The van der Waals surface area contributed by atoms with Gasteiger partial charge >= 0.3 is 0 Å². The van der Waals surface area contributed by atoms with E-state index in [1.54, 1.807) is 30.6 Å². The Morgan fingerprint density at radius 3 is 2.65 bits per heavy atom. The lowest BCUT2D eigenvalue weighted by Gasteiger charge is -2.24. The molecular weight excluding hydrogens is 438 g/mol. The number of carbonyl (C=O) groups excluding carboxylic acids is 3. The smallest absolute Gasteiger partial charge is 0.252 e. The molecular formula is C24H31N5O5. The molecule has 0 saturated carbocycles. The van der Waals surface area contributed by atoms with E-state index in [0.717, 1.165) is 11.1 Å². The molecule has 0 saturated heterocycles. The largest absolute Gasteiger partial charge is 0.491 e. The Balaban J connectivity index is 1.78. The van der Waals surface area contributed by atoms with Gasteiger partial charge in [-0.05, 0) is 49.2 Å². The molecule has 34 heavy (non-hydrogen) atoms. The molecule has 1 aromatic heterocycles. The second-order valence-electron chi connectivity index (χ2n) is 8.23. The number of hydrogen-bond donors (Lipinski definition) is 4. The Morgan fingerprint density at radius 2 is 1.91 bits per heavy atom. The van der Waals surface area contributed by atoms with Gasteiger partial charge in [-0.3, -0.25) is 24.3 Å². The fraction of sp³-hybridized carbons (Fsp3) is 0.417. The summed E-state index contributed by atoms with van der Waals surface area (Å²) in [6, 6.07) is 7.54. The molecule has 0 spiro atoms. The van der Waals surface area contributed by atoms with Crippen molar-refractivity contribution in [1.29, 1.82) is 0 Å². The standard InChI is InChI=1S/C24H31N5O5/c1-16-3-4-19-13-20(16)34-12-10-26-21(31)15-29(14-18-5-7-25-8-6-18)11-9-27-24(33)22(17(2)30)28-23(19)32/h3-8,13,17,22,30H,9-12,14-15H2,1-2H3,(H,26,31)(H,27,33)(H,28,32)/t17-,22+/m1/s1. The molecule has 4 N–H and O–H groups in total. The van der Waals surface area contributed by atoms with Crippen molar-refractivity contribution >= 4 is 17.7 Å². The number of aromatic nitrogens is 1. The van der Waals surface area contributed by atoms with Crippen LogP contribution in [0, 0.1) is 6.92 Å². The monoisotopic (exact) mass is 469 g/mol. The van der Waals surface area contributed by atoms with Gasteiger partial charge in [0.15, 0.2) is 0 Å². The minimum Gasteiger partial charge on any atom is -0.491 e. The Labute approximate surface area is 198 Å². The lowest BCUT2D eigenvalue weighted by molar-refractivity contribution is -0.125. The van der Waals surface area contributed by atoms with Gasteiger partial charge in [-0.15, -0.1) is 0 Å². The highest BCUT2D eigenvalue weighted by atomic mass is 16.5. The number of fused-ring (bicyclic) bond motifs is 2. The minimum atomic E-state index is -1.13. The van der Waals surface area contributed by atoms with Crippen molar-refractivity contribution in [2.45, 2.75) is 32.5 Å². The fourth-order valence-corrected chi connectivity index (χ4v) is 3.54. The first kappa shape index (κ1) is 25.1. The van der Waals surface area contributed by atoms with Crippen molar-refractivity contribution < 1.29 is 24.2 Å². The number of nitrogens with one attached hydrogen (secondary N) is 3. The average molecular weight is 470 g/mol. The molecule has 1 aliphatic heterocycles. The second-order valence-corrected chi connectivity index (χ2v) is 8.23. The number of rotatable bonds is 3. The van der Waals surface area contributed by atoms with Gasteiger partial charge in [-0.25, -0.2) is 0 Å². The number of benzene rings is 1. The Kier molecular flexibility index (Phi) is 8.94. The van der Waals surface area contributed by atoms with Crippen LogP contribution in [0.4, 0.5) is 0 Å². The Morgan fingerprint density at radius 1 is 1.15 bits per heavy atom. The van der Waals surface area contributed by atoms with E-state index in [2.05, 4.69) is 20.9 Å². The molecule has 0 radical (unpaired) electrons. The number of amides is 3. The molecule has 3 rings (SSSR count). The van der Waals surface area contributed by atoms with Gasteiger partial charge < -0.3 is 25.8 Å². The van der Waals surface area contributed by atoms with Crippen LogP contribution >= 0.6 is 0 Å². The quantitative estimate of drug-likeness (QED) is 0.497. The number of ether oxygens (including phenoxy) is 1. The molecule has 1 aliphatic rings. The molecule has 0 aliphatic carbocycles. The second kappa shape index (κ2) is 12.1. The number of aliphatic hydroxyl groups excluding tert-OH is 1. The normalized spacial score (nSPS) is 19.7. The van der Waals surface area contributed by atoms with Crippen LogP contribution in [0.2, 0.25) is 0 Å². The van der Waals surface area contributed by atoms with Crippen LogP contribution < -0.4 is 20.7 Å². The summed E-state index contributed by atoms with van der Waals surface area (Å²) in [5.74, 6) is -0.673. The predicted molar refractivity (Wildman–Crippen MR) is 125 cm³/mol. The molecule has 3 amide bonds. The minimum absolute atomic E-state index is 0.128. The number of nitrogens with zero attached hydrogens (tertiary/aromatic N) is 2. The van der Waals surface area contributed by atoms with Crippen LogP contribution in [0.3, 0.4) is 0 Å². The molecule has 2 aromatic rings. The topological polar surface area (TPSA) is 133 Å². The fourth-order valence-electron chi connectivity index (χ4n) is 3.54. The van der Waals surface area contributed by atoms with E-state index in [4.69, 9.17) is 4.74 Å². The number of pyridine rings is 1. The third-order valence-electron chi connectivity index (χ3n) is 5.43. The summed E-state index contributed by atoms with van der Waals surface area (Å²) >= 11 is 0. The lowest BCUT2D eigenvalue weighted by Crippen LogP contribution is -2.53. The highest BCUT2D eigenvalue weighted by Crippen LogP contribution is 2.20. The van der Waals surface area contributed by atoms with Gasteiger partial charge in [-0.1, -0.05) is 6.07 Å². The van der Waals surface area contributed by atoms with Gasteiger partial charge in [0.25, 0.3) is 5.91 Å². The van der Waals surface area contributed by atoms with Gasteiger partial charge in [0.05, 0.1) is 19.2 Å². The number of hydrogen-bond acceptors (Lipinski definition) is 7. The van der Waals surface area contributed by atoms with E-state index in [9.17, 15) is 19.5 Å². The highest BCUT2D eigenvalue weighted by molar-refractivity contribution is 5.98. The van der Waals surface area contributed by atoms with Gasteiger partial charge in [0, 0.05) is 37.6 Å². The SMILES string of the molecule is Cc1ccc2cc1OCCNC(=O)CN(Cc1ccncc1)CCNC(=O)[C@H]([C@@H](C)O)NC2=O. The molecule has 0 unspecified atom stereocenters. The first-order valence-corrected chi connectivity index (χ1v) is 11.2. The number of carbonyl (C=O) groups is 3. The van der Waals surface area contributed by atoms with E-state index >= 15 is 0 Å². The van der Waals surface area contributed by atoms with E-state index in [-0.39, 0.29) is 25.6 Å². The van der Waals surface area contributed by atoms with Crippen LogP contribution in [0.25, 0.3) is 0 Å². The highest BCUT2D eigenvalue weighted by Gasteiger charge is 2.26. The maximum atomic E-state index is 12.8. The first-order chi connectivity index (χ1) is 16.3. The third kappa shape index (κ3) is 7.26. The summed E-state index contributed by atoms with van der Waals surface area (Å²) in [5.41, 5.74) is 2.11. The van der Waals surface area contributed by atoms with E-state index < -0.39 is 24.0 Å². The summed E-state index contributed by atoms with van der Waals surface area (Å²) in [7, 11) is 0. The Bertz CT molecular complexity index is 999. The summed E-state index contributed by atoms with van der Waals surface area (Å²) < 4.78 is 5.77. The van der Waals surface area contributed by atoms with Crippen LogP contribution in [-0.2, 0) is 16.1 Å². The van der Waals surface area contributed by atoms with Crippen LogP contribution in [-0.4, -0.2) is 77.6 Å². The van der Waals surface area contributed by atoms with Crippen molar-refractivity contribution in [1.82, 2.24) is 25.8 Å². The number of aliphatic hydroxyl groups is 1. The summed E-state index contributed by atoms with van der Waals surface area (Å²) in [6.45, 7) is 5.06. The average Bonchev–Trinajstić information content (AvgIpc) is 2.81. The lowest BCUT2D eigenvalue weighted by atomic mass is 10.1. The molecule has 2 atom stereocenters. The van der Waals surface area contributed by atoms with Crippen molar-refractivity contribution in [3.8, 4) is 5.75 Å². The van der Waals surface area contributed by atoms with Crippen LogP contribution in [0.5, 0.6) is 5.75 Å². The molecule has 10 nitrogen and oxygen atoms in total. The summed E-state index contributed by atoms with van der Waals surface area (Å²) in [6.07, 6.45) is 2.26. The maximum Gasteiger partial charge on any atom is 0.252 e.